The Kier molecular flexibility index (Phi) is 4.33. The van der Waals surface area contributed by atoms with Crippen LogP contribution in [-0.4, -0.2) is 30.6 Å². The molecule has 1 atom stereocenters. The minimum atomic E-state index is -0.194. The molecule has 0 radical (unpaired) electrons. The number of aromatic nitrogens is 5. The van der Waals surface area contributed by atoms with Crippen LogP contribution in [0.5, 0.6) is 0 Å². The molecule has 0 saturated carbocycles. The van der Waals surface area contributed by atoms with Crippen LogP contribution in [-0.2, 0) is 11.2 Å². The van der Waals surface area contributed by atoms with Crippen LogP contribution in [0.15, 0.2) is 24.5 Å². The molecular weight excluding hydrogens is 304 g/mol. The molecule has 0 aliphatic heterocycles. The molecule has 0 fully saturated rings. The number of aryl methyl sites for hydroxylation is 1. The highest BCUT2D eigenvalue weighted by atomic mass is 16.1. The Morgan fingerprint density at radius 2 is 2.12 bits per heavy atom. The third-order valence-corrected chi connectivity index (χ3v) is 3.95. The number of benzene rings is 1. The van der Waals surface area contributed by atoms with Crippen molar-refractivity contribution in [3.05, 3.63) is 41.7 Å². The van der Waals surface area contributed by atoms with Crippen LogP contribution in [0.1, 0.15) is 50.1 Å². The van der Waals surface area contributed by atoms with Crippen LogP contribution in [0.3, 0.4) is 0 Å². The lowest BCUT2D eigenvalue weighted by molar-refractivity contribution is -0.121. The monoisotopic (exact) mass is 326 g/mol. The van der Waals surface area contributed by atoms with Gasteiger partial charge in [0.05, 0.1) is 23.5 Å². The van der Waals surface area contributed by atoms with Crippen molar-refractivity contribution in [3.63, 3.8) is 0 Å². The Balaban J connectivity index is 1.68. The van der Waals surface area contributed by atoms with Gasteiger partial charge in [0, 0.05) is 6.04 Å². The zero-order valence-corrected chi connectivity index (χ0v) is 14.4. The van der Waals surface area contributed by atoms with E-state index in [0.717, 1.165) is 28.2 Å². The molecule has 0 spiro atoms. The molecule has 24 heavy (non-hydrogen) atoms. The summed E-state index contributed by atoms with van der Waals surface area (Å²) in [6.07, 6.45) is 2.01. The Bertz CT molecular complexity index is 863. The Hall–Kier alpha value is -2.70. The predicted octanol–water partition coefficient (Wildman–Crippen LogP) is 2.46. The third kappa shape index (κ3) is 3.29. The average Bonchev–Trinajstić information content (AvgIpc) is 3.11. The number of H-pyrrole nitrogens is 1. The molecule has 3 aromatic rings. The highest BCUT2D eigenvalue weighted by Gasteiger charge is 2.17. The number of carbonyl (C=O) groups is 1. The van der Waals surface area contributed by atoms with Crippen LogP contribution in [0.2, 0.25) is 0 Å². The van der Waals surface area contributed by atoms with E-state index in [1.807, 2.05) is 36.6 Å². The summed E-state index contributed by atoms with van der Waals surface area (Å²) >= 11 is 0. The van der Waals surface area contributed by atoms with E-state index in [1.54, 1.807) is 6.33 Å². The number of amides is 1. The SMILES string of the molecule is Cc1nc2ccc(CC(=O)N[C@@H](C)c3nncn3C(C)C)cc2[nH]1. The van der Waals surface area contributed by atoms with Crippen molar-refractivity contribution in [2.24, 2.45) is 0 Å². The van der Waals surface area contributed by atoms with Gasteiger partial charge < -0.3 is 14.9 Å². The zero-order valence-electron chi connectivity index (χ0n) is 14.4. The van der Waals surface area contributed by atoms with Crippen LogP contribution >= 0.6 is 0 Å². The summed E-state index contributed by atoms with van der Waals surface area (Å²) in [4.78, 5) is 19.9. The molecule has 126 valence electrons. The van der Waals surface area contributed by atoms with Crippen molar-refractivity contribution in [3.8, 4) is 0 Å². The summed E-state index contributed by atoms with van der Waals surface area (Å²) < 4.78 is 1.96. The zero-order chi connectivity index (χ0) is 17.3. The van der Waals surface area contributed by atoms with E-state index in [4.69, 9.17) is 0 Å². The lowest BCUT2D eigenvalue weighted by Crippen LogP contribution is -2.30. The fraction of sp³-hybridized carbons (Fsp3) is 0.412. The highest BCUT2D eigenvalue weighted by Crippen LogP contribution is 2.16. The number of hydrogen-bond acceptors (Lipinski definition) is 4. The van der Waals surface area contributed by atoms with E-state index in [2.05, 4.69) is 39.3 Å². The van der Waals surface area contributed by atoms with Gasteiger partial charge in [0.15, 0.2) is 5.82 Å². The van der Waals surface area contributed by atoms with E-state index >= 15 is 0 Å². The van der Waals surface area contributed by atoms with Crippen molar-refractivity contribution in [1.82, 2.24) is 30.0 Å². The van der Waals surface area contributed by atoms with Gasteiger partial charge in [-0.05, 0) is 45.4 Å². The second-order valence-corrected chi connectivity index (χ2v) is 6.33. The van der Waals surface area contributed by atoms with Crippen molar-refractivity contribution < 1.29 is 4.79 Å². The molecule has 0 aliphatic rings. The maximum Gasteiger partial charge on any atom is 0.224 e. The number of imidazole rings is 1. The number of aromatic amines is 1. The molecule has 0 aliphatic carbocycles. The number of nitrogens with one attached hydrogen (secondary N) is 2. The van der Waals surface area contributed by atoms with E-state index in [1.165, 1.54) is 0 Å². The molecule has 0 unspecified atom stereocenters. The molecule has 3 rings (SSSR count). The third-order valence-electron chi connectivity index (χ3n) is 3.95. The molecule has 0 bridgehead atoms. The normalized spacial score (nSPS) is 12.7. The highest BCUT2D eigenvalue weighted by molar-refractivity contribution is 5.82. The molecule has 7 nitrogen and oxygen atoms in total. The molecular formula is C17H22N6O. The first-order valence-corrected chi connectivity index (χ1v) is 8.08. The Labute approximate surface area is 140 Å². The van der Waals surface area contributed by atoms with Gasteiger partial charge >= 0.3 is 0 Å². The van der Waals surface area contributed by atoms with Gasteiger partial charge in [-0.15, -0.1) is 10.2 Å². The standard InChI is InChI=1S/C17H22N6O/c1-10(2)23-9-18-22-17(23)11(3)19-16(24)8-13-5-6-14-15(7-13)21-12(4)20-14/h5-7,9-11H,8H2,1-4H3,(H,19,24)(H,20,21)/t11-/m0/s1. The average molecular weight is 326 g/mol. The number of hydrogen-bond donors (Lipinski definition) is 2. The molecule has 0 saturated heterocycles. The smallest absolute Gasteiger partial charge is 0.224 e. The van der Waals surface area contributed by atoms with Gasteiger partial charge in [-0.3, -0.25) is 4.79 Å². The molecule has 1 amide bonds. The predicted molar refractivity (Wildman–Crippen MR) is 91.5 cm³/mol. The first-order valence-electron chi connectivity index (χ1n) is 8.08. The molecule has 2 N–H and O–H groups in total. The number of rotatable bonds is 5. The summed E-state index contributed by atoms with van der Waals surface area (Å²) in [7, 11) is 0. The van der Waals surface area contributed by atoms with E-state index in [-0.39, 0.29) is 18.0 Å². The Morgan fingerprint density at radius 1 is 1.33 bits per heavy atom. The minimum absolute atomic E-state index is 0.0450. The van der Waals surface area contributed by atoms with Crippen LogP contribution in [0, 0.1) is 6.92 Å². The first-order chi connectivity index (χ1) is 11.4. The van der Waals surface area contributed by atoms with E-state index in [9.17, 15) is 4.79 Å². The largest absolute Gasteiger partial charge is 0.346 e. The molecule has 7 heteroatoms. The Morgan fingerprint density at radius 3 is 2.88 bits per heavy atom. The van der Waals surface area contributed by atoms with Crippen LogP contribution < -0.4 is 5.32 Å². The molecule has 1 aromatic carbocycles. The number of nitrogens with zero attached hydrogens (tertiary/aromatic N) is 4. The van der Waals surface area contributed by atoms with Gasteiger partial charge in [0.25, 0.3) is 0 Å². The minimum Gasteiger partial charge on any atom is -0.346 e. The van der Waals surface area contributed by atoms with Crippen molar-refractivity contribution in [1.29, 1.82) is 0 Å². The maximum absolute atomic E-state index is 12.3. The first kappa shape index (κ1) is 16.2. The summed E-state index contributed by atoms with van der Waals surface area (Å²) in [6.45, 7) is 7.95. The van der Waals surface area contributed by atoms with Gasteiger partial charge in [-0.1, -0.05) is 6.07 Å². The van der Waals surface area contributed by atoms with Crippen molar-refractivity contribution >= 4 is 16.9 Å². The topological polar surface area (TPSA) is 88.5 Å². The summed E-state index contributed by atoms with van der Waals surface area (Å²) in [5, 5.41) is 11.1. The number of fused-ring (bicyclic) bond motifs is 1. The second-order valence-electron chi connectivity index (χ2n) is 6.33. The fourth-order valence-electron chi connectivity index (χ4n) is 2.80. The second kappa shape index (κ2) is 6.43. The summed E-state index contributed by atoms with van der Waals surface area (Å²) in [5.74, 6) is 1.59. The van der Waals surface area contributed by atoms with Gasteiger partial charge in [0.1, 0.15) is 12.2 Å². The van der Waals surface area contributed by atoms with E-state index in [0.29, 0.717) is 6.42 Å². The maximum atomic E-state index is 12.3. The van der Waals surface area contributed by atoms with Crippen LogP contribution in [0.25, 0.3) is 11.0 Å². The fourth-order valence-corrected chi connectivity index (χ4v) is 2.80. The van der Waals surface area contributed by atoms with Gasteiger partial charge in [0.2, 0.25) is 5.91 Å². The lowest BCUT2D eigenvalue weighted by atomic mass is 10.1. The molecule has 2 heterocycles. The van der Waals surface area contributed by atoms with Gasteiger partial charge in [-0.25, -0.2) is 4.98 Å². The molecule has 2 aromatic heterocycles. The quantitative estimate of drug-likeness (QED) is 0.754. The van der Waals surface area contributed by atoms with Crippen LogP contribution in [0.4, 0.5) is 0 Å². The summed E-state index contributed by atoms with van der Waals surface area (Å²) in [6, 6.07) is 5.89. The van der Waals surface area contributed by atoms with Gasteiger partial charge in [-0.2, -0.15) is 0 Å². The summed E-state index contributed by atoms with van der Waals surface area (Å²) in [5.41, 5.74) is 2.81. The van der Waals surface area contributed by atoms with Crippen molar-refractivity contribution in [2.75, 3.05) is 0 Å². The number of carbonyl (C=O) groups excluding carboxylic acids is 1. The lowest BCUT2D eigenvalue weighted by Gasteiger charge is -2.16. The van der Waals surface area contributed by atoms with Crippen molar-refractivity contribution in [2.45, 2.75) is 46.2 Å². The van der Waals surface area contributed by atoms with E-state index < -0.39 is 0 Å².